The Balaban J connectivity index is 2.56. The highest BCUT2D eigenvalue weighted by Crippen LogP contribution is 2.04. The molecule has 18 heavy (non-hydrogen) atoms. The molecule has 0 aliphatic rings. The molecule has 1 aromatic carbocycles. The van der Waals surface area contributed by atoms with Gasteiger partial charge >= 0.3 is 12.0 Å². The molecule has 0 atom stereocenters. The molecule has 0 heterocycles. The summed E-state index contributed by atoms with van der Waals surface area (Å²) in [6.07, 6.45) is 0. The molecule has 3 amide bonds. The minimum absolute atomic E-state index is 0.270. The third-order valence-electron chi connectivity index (χ3n) is 2.08. The Morgan fingerprint density at radius 3 is 2.22 bits per heavy atom. The number of carbonyl (C=O) groups is 3. The molecule has 1 aromatic rings. The van der Waals surface area contributed by atoms with E-state index in [0.29, 0.717) is 5.56 Å². The van der Waals surface area contributed by atoms with Gasteiger partial charge in [0.05, 0.1) is 0 Å². The molecule has 7 heteroatoms. The number of nitrogens with one attached hydrogen (secondary N) is 2. The highest BCUT2D eigenvalue weighted by atomic mass is 16.4. The second-order valence-corrected chi connectivity index (χ2v) is 3.49. The summed E-state index contributed by atoms with van der Waals surface area (Å²) >= 11 is 0. The molecule has 1 rings (SSSR count). The van der Waals surface area contributed by atoms with Crippen LogP contribution in [-0.2, 0) is 11.3 Å². The fourth-order valence-electron chi connectivity index (χ4n) is 1.22. The molecule has 0 spiro atoms. The van der Waals surface area contributed by atoms with Gasteiger partial charge in [-0.2, -0.15) is 0 Å². The van der Waals surface area contributed by atoms with Gasteiger partial charge in [-0.05, 0) is 17.7 Å². The monoisotopic (exact) mass is 251 g/mol. The van der Waals surface area contributed by atoms with Crippen LogP contribution in [-0.4, -0.2) is 29.6 Å². The van der Waals surface area contributed by atoms with Crippen molar-refractivity contribution in [3.05, 3.63) is 35.4 Å². The maximum Gasteiger partial charge on any atom is 0.322 e. The zero-order chi connectivity index (χ0) is 13.5. The van der Waals surface area contributed by atoms with Crippen molar-refractivity contribution in [2.75, 3.05) is 6.54 Å². The number of aliphatic carboxylic acids is 1. The van der Waals surface area contributed by atoms with Crippen LogP contribution in [0.4, 0.5) is 4.79 Å². The predicted molar refractivity (Wildman–Crippen MR) is 62.8 cm³/mol. The number of hydrogen-bond acceptors (Lipinski definition) is 3. The van der Waals surface area contributed by atoms with Gasteiger partial charge in [-0.3, -0.25) is 9.59 Å². The number of rotatable bonds is 5. The van der Waals surface area contributed by atoms with Crippen LogP contribution in [0.3, 0.4) is 0 Å². The lowest BCUT2D eigenvalue weighted by Gasteiger charge is -2.05. The van der Waals surface area contributed by atoms with Crippen molar-refractivity contribution in [2.24, 2.45) is 5.73 Å². The summed E-state index contributed by atoms with van der Waals surface area (Å²) in [5.74, 6) is -1.57. The summed E-state index contributed by atoms with van der Waals surface area (Å²) in [6.45, 7) is -0.157. The number of hydrogen-bond donors (Lipinski definition) is 4. The minimum Gasteiger partial charge on any atom is -0.480 e. The number of carboxylic acid groups (broad SMARTS) is 1. The van der Waals surface area contributed by atoms with Crippen molar-refractivity contribution in [2.45, 2.75) is 6.54 Å². The van der Waals surface area contributed by atoms with Gasteiger partial charge in [0.15, 0.2) is 0 Å². The zero-order valence-electron chi connectivity index (χ0n) is 9.47. The predicted octanol–water partition coefficient (Wildman–Crippen LogP) is -0.331. The summed E-state index contributed by atoms with van der Waals surface area (Å²) < 4.78 is 0. The Bertz CT molecular complexity index is 456. The van der Waals surface area contributed by atoms with Gasteiger partial charge in [0.1, 0.15) is 6.54 Å². The number of carboxylic acids is 1. The lowest BCUT2D eigenvalue weighted by Crippen LogP contribution is -2.29. The first-order chi connectivity index (χ1) is 8.49. The molecule has 0 saturated heterocycles. The Hall–Kier alpha value is -2.57. The average molecular weight is 251 g/mol. The topological polar surface area (TPSA) is 122 Å². The van der Waals surface area contributed by atoms with Gasteiger partial charge in [0.25, 0.3) is 5.91 Å². The lowest BCUT2D eigenvalue weighted by molar-refractivity contribution is -0.135. The molecule has 7 nitrogen and oxygen atoms in total. The van der Waals surface area contributed by atoms with E-state index in [1.54, 1.807) is 12.1 Å². The third-order valence-corrected chi connectivity index (χ3v) is 2.08. The van der Waals surface area contributed by atoms with Crippen molar-refractivity contribution in [1.29, 1.82) is 0 Å². The van der Waals surface area contributed by atoms with E-state index in [-0.39, 0.29) is 6.54 Å². The summed E-state index contributed by atoms with van der Waals surface area (Å²) in [5.41, 5.74) is 6.04. The van der Waals surface area contributed by atoms with Crippen molar-refractivity contribution in [3.8, 4) is 0 Å². The van der Waals surface area contributed by atoms with Gasteiger partial charge in [-0.1, -0.05) is 12.1 Å². The second-order valence-electron chi connectivity index (χ2n) is 3.49. The lowest BCUT2D eigenvalue weighted by atomic mass is 10.1. The molecule has 0 radical (unpaired) electrons. The van der Waals surface area contributed by atoms with Crippen LogP contribution in [0.15, 0.2) is 24.3 Å². The van der Waals surface area contributed by atoms with Crippen molar-refractivity contribution in [3.63, 3.8) is 0 Å². The minimum atomic E-state index is -1.11. The number of carbonyl (C=O) groups excluding carboxylic acids is 2. The van der Waals surface area contributed by atoms with E-state index in [9.17, 15) is 14.4 Å². The molecule has 0 aromatic heterocycles. The van der Waals surface area contributed by atoms with Gasteiger partial charge in [0.2, 0.25) is 0 Å². The standard InChI is InChI=1S/C11H13N3O4/c12-11(18)14-5-7-1-3-8(4-2-7)10(17)13-6-9(15)16/h1-4H,5-6H2,(H,13,17)(H,15,16)(H3,12,14,18). The molecule has 0 aliphatic heterocycles. The summed E-state index contributed by atoms with van der Waals surface area (Å²) in [4.78, 5) is 32.2. The Labute approximate surface area is 103 Å². The smallest absolute Gasteiger partial charge is 0.322 e. The van der Waals surface area contributed by atoms with E-state index in [1.807, 2.05) is 0 Å². The maximum atomic E-state index is 11.5. The summed E-state index contributed by atoms with van der Waals surface area (Å²) in [5, 5.41) is 13.1. The largest absolute Gasteiger partial charge is 0.480 e. The second kappa shape index (κ2) is 6.24. The Morgan fingerprint density at radius 1 is 1.11 bits per heavy atom. The fraction of sp³-hybridized carbons (Fsp3) is 0.182. The summed E-state index contributed by atoms with van der Waals surface area (Å²) in [7, 11) is 0. The van der Waals surface area contributed by atoms with Crippen molar-refractivity contribution in [1.82, 2.24) is 10.6 Å². The molecule has 0 saturated carbocycles. The van der Waals surface area contributed by atoms with Gasteiger partial charge in [-0.25, -0.2) is 4.79 Å². The highest BCUT2D eigenvalue weighted by Gasteiger charge is 2.06. The number of amides is 3. The van der Waals surface area contributed by atoms with E-state index in [1.165, 1.54) is 12.1 Å². The van der Waals surface area contributed by atoms with Crippen LogP contribution in [0.25, 0.3) is 0 Å². The van der Waals surface area contributed by atoms with Crippen LogP contribution in [0, 0.1) is 0 Å². The van der Waals surface area contributed by atoms with Crippen LogP contribution >= 0.6 is 0 Å². The normalized spacial score (nSPS) is 9.56. The highest BCUT2D eigenvalue weighted by molar-refractivity contribution is 5.95. The average Bonchev–Trinajstić information content (AvgIpc) is 2.34. The molecule has 0 bridgehead atoms. The zero-order valence-corrected chi connectivity index (χ0v) is 9.47. The molecule has 5 N–H and O–H groups in total. The van der Waals surface area contributed by atoms with Crippen LogP contribution in [0.2, 0.25) is 0 Å². The Kier molecular flexibility index (Phi) is 4.67. The van der Waals surface area contributed by atoms with Crippen molar-refractivity contribution < 1.29 is 19.5 Å². The molecule has 0 fully saturated rings. The molecular formula is C11H13N3O4. The fourth-order valence-corrected chi connectivity index (χ4v) is 1.22. The number of primary amides is 1. The van der Waals surface area contributed by atoms with Crippen LogP contribution in [0.5, 0.6) is 0 Å². The first-order valence-corrected chi connectivity index (χ1v) is 5.11. The van der Waals surface area contributed by atoms with Gasteiger partial charge in [0, 0.05) is 12.1 Å². The van der Waals surface area contributed by atoms with Gasteiger partial charge < -0.3 is 21.5 Å². The quantitative estimate of drug-likeness (QED) is 0.572. The first-order valence-electron chi connectivity index (χ1n) is 5.11. The number of nitrogens with two attached hydrogens (primary N) is 1. The molecular weight excluding hydrogens is 238 g/mol. The molecule has 0 aliphatic carbocycles. The van der Waals surface area contributed by atoms with Crippen LogP contribution < -0.4 is 16.4 Å². The van der Waals surface area contributed by atoms with E-state index in [2.05, 4.69) is 10.6 Å². The van der Waals surface area contributed by atoms with Crippen molar-refractivity contribution >= 4 is 17.9 Å². The summed E-state index contributed by atoms with van der Waals surface area (Å²) in [6, 6.07) is 5.74. The SMILES string of the molecule is NC(=O)NCc1ccc(C(=O)NCC(=O)O)cc1. The Morgan fingerprint density at radius 2 is 1.72 bits per heavy atom. The number of benzene rings is 1. The van der Waals surface area contributed by atoms with E-state index in [4.69, 9.17) is 10.8 Å². The first kappa shape index (κ1) is 13.5. The third kappa shape index (κ3) is 4.52. The van der Waals surface area contributed by atoms with Gasteiger partial charge in [-0.15, -0.1) is 0 Å². The van der Waals surface area contributed by atoms with Crippen LogP contribution in [0.1, 0.15) is 15.9 Å². The van der Waals surface area contributed by atoms with E-state index in [0.717, 1.165) is 5.56 Å². The molecule has 96 valence electrons. The van der Waals surface area contributed by atoms with E-state index >= 15 is 0 Å². The molecule has 0 unspecified atom stereocenters. The maximum absolute atomic E-state index is 11.5. The van der Waals surface area contributed by atoms with E-state index < -0.39 is 24.5 Å². The number of urea groups is 1.